The lowest BCUT2D eigenvalue weighted by molar-refractivity contribution is 0.313. The van der Waals surface area contributed by atoms with Crippen LogP contribution in [0, 0.1) is 0 Å². The summed E-state index contributed by atoms with van der Waals surface area (Å²) in [4.78, 5) is 15.6. The summed E-state index contributed by atoms with van der Waals surface area (Å²) in [5, 5.41) is 3.46. The van der Waals surface area contributed by atoms with Gasteiger partial charge in [-0.2, -0.15) is 0 Å². The van der Waals surface area contributed by atoms with E-state index in [0.717, 1.165) is 54.3 Å². The first-order chi connectivity index (χ1) is 13.7. The highest BCUT2D eigenvalue weighted by molar-refractivity contribution is 5.83. The van der Waals surface area contributed by atoms with Gasteiger partial charge in [0.1, 0.15) is 11.6 Å². The first kappa shape index (κ1) is 18.2. The smallest absolute Gasteiger partial charge is 0.138 e. The van der Waals surface area contributed by atoms with E-state index < -0.39 is 0 Å². The normalized spacial score (nSPS) is 14.8. The molecule has 1 aromatic heterocycles. The number of ether oxygens (including phenoxy) is 1. The molecule has 1 saturated heterocycles. The number of benzene rings is 2. The molecule has 8 nitrogen and oxygen atoms in total. The number of fused-ring (bicyclic) bond motifs is 1. The van der Waals surface area contributed by atoms with Gasteiger partial charge in [-0.3, -0.25) is 0 Å². The molecular weight excluding hydrogens is 354 g/mol. The van der Waals surface area contributed by atoms with Crippen molar-refractivity contribution in [3.63, 3.8) is 0 Å². The van der Waals surface area contributed by atoms with Gasteiger partial charge in [0.25, 0.3) is 0 Å². The molecule has 0 amide bonds. The molecule has 2 heterocycles. The summed E-state index contributed by atoms with van der Waals surface area (Å²) in [6, 6.07) is 14.2. The minimum atomic E-state index is 0.317. The molecule has 0 saturated carbocycles. The minimum Gasteiger partial charge on any atom is -0.493 e. The van der Waals surface area contributed by atoms with Crippen LogP contribution in [0.15, 0.2) is 47.6 Å². The molecule has 28 heavy (non-hydrogen) atoms. The maximum absolute atomic E-state index is 8.28. The van der Waals surface area contributed by atoms with E-state index in [1.165, 1.54) is 5.69 Å². The number of rotatable bonds is 6. The molecule has 1 aliphatic heterocycles. The number of imidazole rings is 1. The fraction of sp³-hybridized carbons (Fsp3) is 0.350. The van der Waals surface area contributed by atoms with E-state index in [-0.39, 0.29) is 0 Å². The fourth-order valence-corrected chi connectivity index (χ4v) is 3.35. The number of likely N-dealkylation sites (N-methyl/N-ethyl adjacent to an activating group) is 1. The molecule has 1 N–H and O–H groups in total. The fourth-order valence-electron chi connectivity index (χ4n) is 3.35. The predicted octanol–water partition coefficient (Wildman–Crippen LogP) is 3.67. The number of H-pyrrole nitrogens is 1. The summed E-state index contributed by atoms with van der Waals surface area (Å²) in [6.07, 6.45) is 0. The van der Waals surface area contributed by atoms with E-state index >= 15 is 0 Å². The van der Waals surface area contributed by atoms with Gasteiger partial charge < -0.3 is 19.5 Å². The lowest BCUT2D eigenvalue weighted by atomic mass is 10.2. The van der Waals surface area contributed by atoms with Gasteiger partial charge in [0.2, 0.25) is 0 Å². The molecule has 0 unspecified atom stereocenters. The number of nitrogens with one attached hydrogen (secondary N) is 1. The van der Waals surface area contributed by atoms with Crippen LogP contribution >= 0.6 is 0 Å². The van der Waals surface area contributed by atoms with Gasteiger partial charge >= 0.3 is 0 Å². The third-order valence-corrected chi connectivity index (χ3v) is 4.98. The Morgan fingerprint density at radius 3 is 2.68 bits per heavy atom. The van der Waals surface area contributed by atoms with Crippen molar-refractivity contribution in [3.8, 4) is 17.1 Å². The van der Waals surface area contributed by atoms with Crippen LogP contribution in [-0.2, 0) is 0 Å². The topological polar surface area (TPSA) is 93.2 Å². The highest BCUT2D eigenvalue weighted by Gasteiger charge is 2.15. The highest BCUT2D eigenvalue weighted by Crippen LogP contribution is 2.26. The molecule has 144 valence electrons. The first-order valence-corrected chi connectivity index (χ1v) is 9.40. The summed E-state index contributed by atoms with van der Waals surface area (Å²) in [5.41, 5.74) is 12.5. The van der Waals surface area contributed by atoms with Gasteiger partial charge in [-0.1, -0.05) is 5.11 Å². The summed E-state index contributed by atoms with van der Waals surface area (Å²) < 4.78 is 5.54. The number of aromatic amines is 1. The lowest BCUT2D eigenvalue weighted by Crippen LogP contribution is -2.44. The van der Waals surface area contributed by atoms with Crippen molar-refractivity contribution in [1.29, 1.82) is 0 Å². The molecule has 3 aromatic rings. The van der Waals surface area contributed by atoms with Crippen LogP contribution in [0.4, 0.5) is 5.69 Å². The SMILES string of the molecule is CN1CCN(c2ccc3nc(-c4ccc(OCCN=[N+]=[N-])cc4)[nH]c3c2)CC1. The van der Waals surface area contributed by atoms with E-state index in [1.807, 2.05) is 24.3 Å². The number of nitrogens with zero attached hydrogens (tertiary/aromatic N) is 6. The molecule has 0 radical (unpaired) electrons. The molecular formula is C20H23N7O. The maximum atomic E-state index is 8.28. The second-order valence-corrected chi connectivity index (χ2v) is 6.90. The lowest BCUT2D eigenvalue weighted by Gasteiger charge is -2.34. The van der Waals surface area contributed by atoms with E-state index in [4.69, 9.17) is 15.3 Å². The van der Waals surface area contributed by atoms with E-state index in [0.29, 0.717) is 13.2 Å². The van der Waals surface area contributed by atoms with Crippen LogP contribution < -0.4 is 9.64 Å². The third kappa shape index (κ3) is 4.03. The van der Waals surface area contributed by atoms with Gasteiger partial charge in [-0.25, -0.2) is 4.98 Å². The van der Waals surface area contributed by atoms with Crippen molar-refractivity contribution in [2.24, 2.45) is 5.11 Å². The minimum absolute atomic E-state index is 0.317. The van der Waals surface area contributed by atoms with Gasteiger partial charge in [0.15, 0.2) is 0 Å². The molecule has 2 aromatic carbocycles. The highest BCUT2D eigenvalue weighted by atomic mass is 16.5. The van der Waals surface area contributed by atoms with Crippen LogP contribution in [0.2, 0.25) is 0 Å². The van der Waals surface area contributed by atoms with Crippen LogP contribution in [0.25, 0.3) is 32.9 Å². The number of aromatic nitrogens is 2. The van der Waals surface area contributed by atoms with Crippen LogP contribution in [-0.4, -0.2) is 61.2 Å². The zero-order chi connectivity index (χ0) is 19.3. The van der Waals surface area contributed by atoms with Gasteiger partial charge in [0.05, 0.1) is 24.2 Å². The Balaban J connectivity index is 1.49. The molecule has 8 heteroatoms. The van der Waals surface area contributed by atoms with E-state index in [2.05, 4.69) is 50.1 Å². The molecule has 0 aliphatic carbocycles. The molecule has 0 atom stereocenters. The van der Waals surface area contributed by atoms with Gasteiger partial charge in [-0.05, 0) is 55.0 Å². The Morgan fingerprint density at radius 1 is 1.14 bits per heavy atom. The molecule has 4 rings (SSSR count). The van der Waals surface area contributed by atoms with Gasteiger partial charge in [-0.15, -0.1) is 0 Å². The Labute approximate surface area is 163 Å². The predicted molar refractivity (Wildman–Crippen MR) is 111 cm³/mol. The Kier molecular flexibility index (Phi) is 5.32. The molecule has 1 aliphatic rings. The first-order valence-electron chi connectivity index (χ1n) is 9.40. The second-order valence-electron chi connectivity index (χ2n) is 6.90. The van der Waals surface area contributed by atoms with Gasteiger partial charge in [0, 0.05) is 42.3 Å². The van der Waals surface area contributed by atoms with Crippen LogP contribution in [0.5, 0.6) is 5.75 Å². The van der Waals surface area contributed by atoms with Crippen molar-refractivity contribution in [2.75, 3.05) is 51.3 Å². The summed E-state index contributed by atoms with van der Waals surface area (Å²) in [5.74, 6) is 1.58. The summed E-state index contributed by atoms with van der Waals surface area (Å²) >= 11 is 0. The molecule has 1 fully saturated rings. The summed E-state index contributed by atoms with van der Waals surface area (Å²) in [6.45, 7) is 4.95. The average Bonchev–Trinajstić information content (AvgIpc) is 3.15. The van der Waals surface area contributed by atoms with Crippen molar-refractivity contribution >= 4 is 16.7 Å². The monoisotopic (exact) mass is 377 g/mol. The Hall–Kier alpha value is -3.22. The zero-order valence-electron chi connectivity index (χ0n) is 15.9. The average molecular weight is 377 g/mol. The van der Waals surface area contributed by atoms with E-state index in [1.54, 1.807) is 0 Å². The van der Waals surface area contributed by atoms with Crippen LogP contribution in [0.3, 0.4) is 0 Å². The number of piperazine rings is 1. The van der Waals surface area contributed by atoms with E-state index in [9.17, 15) is 0 Å². The number of azide groups is 1. The van der Waals surface area contributed by atoms with Crippen molar-refractivity contribution < 1.29 is 4.74 Å². The summed E-state index contributed by atoms with van der Waals surface area (Å²) in [7, 11) is 2.16. The standard InChI is InChI=1S/C20H23N7O/c1-26-9-11-27(12-10-26)16-4-7-18-19(14-16)24-20(23-18)15-2-5-17(6-3-15)28-13-8-22-25-21/h2-7,14H,8-13H2,1H3,(H,23,24). The van der Waals surface area contributed by atoms with Crippen molar-refractivity contribution in [3.05, 3.63) is 52.9 Å². The molecule has 0 bridgehead atoms. The second kappa shape index (κ2) is 8.21. The Bertz CT molecular complexity index is 983. The van der Waals surface area contributed by atoms with Crippen molar-refractivity contribution in [1.82, 2.24) is 14.9 Å². The number of hydrogen-bond donors (Lipinski definition) is 1. The largest absolute Gasteiger partial charge is 0.493 e. The number of anilines is 1. The molecule has 0 spiro atoms. The van der Waals surface area contributed by atoms with Crippen LogP contribution in [0.1, 0.15) is 0 Å². The van der Waals surface area contributed by atoms with Crippen molar-refractivity contribution in [2.45, 2.75) is 0 Å². The third-order valence-electron chi connectivity index (χ3n) is 4.98. The zero-order valence-corrected chi connectivity index (χ0v) is 15.9. The number of hydrogen-bond acceptors (Lipinski definition) is 5. The maximum Gasteiger partial charge on any atom is 0.138 e. The quantitative estimate of drug-likeness (QED) is 0.307. The Morgan fingerprint density at radius 2 is 1.93 bits per heavy atom.